The minimum atomic E-state index is -1.28. The topological polar surface area (TPSA) is 141 Å². The molecule has 0 saturated heterocycles. The smallest absolute Gasteiger partial charge is 0.434 e. The molecule has 2 aromatic rings. The second kappa shape index (κ2) is 5.69. The number of aromatic nitrogens is 2. The molecule has 0 unspecified atom stereocenters. The highest BCUT2D eigenvalue weighted by Crippen LogP contribution is 2.38. The number of hydrogen-bond donors (Lipinski definition) is 3. The van der Waals surface area contributed by atoms with Gasteiger partial charge in [0.25, 0.3) is 0 Å². The van der Waals surface area contributed by atoms with Crippen molar-refractivity contribution in [3.63, 3.8) is 0 Å². The zero-order valence-corrected chi connectivity index (χ0v) is 13.5. The van der Waals surface area contributed by atoms with Crippen molar-refractivity contribution in [1.82, 2.24) is 15.1 Å². The Balaban J connectivity index is 2.25. The number of nitrogens with one attached hydrogen (secondary N) is 1. The SMILES string of the molecule is CC1=C(C#N)C(c2ccc3nn(C(=O)O)c(N)c3c2)C(C#N)=C(C)N1. The Kier molecular flexibility index (Phi) is 3.66. The van der Waals surface area contributed by atoms with Gasteiger partial charge in [-0.3, -0.25) is 0 Å². The molecular formula is C17H14N6O2. The molecule has 0 radical (unpaired) electrons. The van der Waals surface area contributed by atoms with Gasteiger partial charge in [0, 0.05) is 16.8 Å². The lowest BCUT2D eigenvalue weighted by Gasteiger charge is -2.26. The maximum Gasteiger partial charge on any atom is 0.434 e. The van der Waals surface area contributed by atoms with Gasteiger partial charge in [0.1, 0.15) is 5.82 Å². The first-order valence-electron chi connectivity index (χ1n) is 7.39. The van der Waals surface area contributed by atoms with Crippen molar-refractivity contribution < 1.29 is 9.90 Å². The van der Waals surface area contributed by atoms with Gasteiger partial charge in [-0.1, -0.05) is 6.07 Å². The molecule has 124 valence electrons. The molecule has 1 aromatic carbocycles. The Bertz CT molecular complexity index is 1030. The zero-order chi connectivity index (χ0) is 18.3. The Morgan fingerprint density at radius 2 is 1.88 bits per heavy atom. The molecule has 8 nitrogen and oxygen atoms in total. The van der Waals surface area contributed by atoms with Gasteiger partial charge in [-0.2, -0.15) is 15.6 Å². The van der Waals surface area contributed by atoms with E-state index >= 15 is 0 Å². The summed E-state index contributed by atoms with van der Waals surface area (Å²) in [5.74, 6) is -0.537. The van der Waals surface area contributed by atoms with Crippen LogP contribution in [0.4, 0.5) is 10.6 Å². The molecule has 1 aliphatic heterocycles. The number of rotatable bonds is 1. The van der Waals surface area contributed by atoms with Crippen LogP contribution in [0.3, 0.4) is 0 Å². The van der Waals surface area contributed by atoms with Crippen molar-refractivity contribution in [3.05, 3.63) is 46.3 Å². The maximum atomic E-state index is 11.2. The van der Waals surface area contributed by atoms with Crippen LogP contribution in [-0.2, 0) is 0 Å². The molecule has 2 heterocycles. The molecule has 0 saturated carbocycles. The molecule has 3 rings (SSSR count). The molecule has 0 amide bonds. The quantitative estimate of drug-likeness (QED) is 0.727. The van der Waals surface area contributed by atoms with Gasteiger partial charge in [0.2, 0.25) is 0 Å². The summed E-state index contributed by atoms with van der Waals surface area (Å²) in [6, 6.07) is 9.37. The van der Waals surface area contributed by atoms with Gasteiger partial charge in [-0.05, 0) is 31.5 Å². The fourth-order valence-corrected chi connectivity index (χ4v) is 3.07. The largest absolute Gasteiger partial charge is 0.463 e. The number of carbonyl (C=O) groups is 1. The van der Waals surface area contributed by atoms with Gasteiger partial charge in [0.15, 0.2) is 0 Å². The van der Waals surface area contributed by atoms with Gasteiger partial charge in [-0.15, -0.1) is 4.68 Å². The van der Waals surface area contributed by atoms with Crippen molar-refractivity contribution in [2.45, 2.75) is 19.8 Å². The summed E-state index contributed by atoms with van der Waals surface area (Å²) in [5.41, 5.74) is 9.22. The first-order valence-corrected chi connectivity index (χ1v) is 7.39. The van der Waals surface area contributed by atoms with E-state index in [-0.39, 0.29) is 5.82 Å². The number of nitriles is 2. The molecule has 4 N–H and O–H groups in total. The molecule has 8 heteroatoms. The number of benzene rings is 1. The van der Waals surface area contributed by atoms with Crippen LogP contribution in [0.2, 0.25) is 0 Å². The van der Waals surface area contributed by atoms with Gasteiger partial charge in [-0.25, -0.2) is 4.79 Å². The van der Waals surface area contributed by atoms with Crippen LogP contribution in [0.15, 0.2) is 40.7 Å². The monoisotopic (exact) mass is 334 g/mol. The number of hydrogen-bond acceptors (Lipinski definition) is 6. The summed E-state index contributed by atoms with van der Waals surface area (Å²) in [6.07, 6.45) is -1.28. The van der Waals surface area contributed by atoms with Gasteiger partial charge < -0.3 is 16.2 Å². The number of nitrogen functional groups attached to an aromatic ring is 1. The lowest BCUT2D eigenvalue weighted by molar-refractivity contribution is 0.193. The highest BCUT2D eigenvalue weighted by Gasteiger charge is 2.30. The number of anilines is 1. The van der Waals surface area contributed by atoms with Crippen molar-refractivity contribution in [2.24, 2.45) is 0 Å². The molecule has 0 aliphatic carbocycles. The van der Waals surface area contributed by atoms with Crippen LogP contribution in [0.5, 0.6) is 0 Å². The van der Waals surface area contributed by atoms with E-state index in [1.807, 2.05) is 0 Å². The Morgan fingerprint density at radius 3 is 2.40 bits per heavy atom. The first kappa shape index (κ1) is 16.1. The third-order valence-corrected chi connectivity index (χ3v) is 4.25. The number of nitrogens with zero attached hydrogens (tertiary/aromatic N) is 4. The Labute approximate surface area is 143 Å². The predicted molar refractivity (Wildman–Crippen MR) is 90.1 cm³/mol. The van der Waals surface area contributed by atoms with E-state index < -0.39 is 12.0 Å². The third-order valence-electron chi connectivity index (χ3n) is 4.25. The Hall–Kier alpha value is -3.78. The summed E-state index contributed by atoms with van der Waals surface area (Å²) in [5, 5.41) is 35.6. The van der Waals surface area contributed by atoms with Crippen LogP contribution in [-0.4, -0.2) is 21.0 Å². The van der Waals surface area contributed by atoms with E-state index in [0.717, 1.165) is 0 Å². The van der Waals surface area contributed by atoms with Crippen LogP contribution >= 0.6 is 0 Å². The van der Waals surface area contributed by atoms with E-state index in [2.05, 4.69) is 22.6 Å². The van der Waals surface area contributed by atoms with Crippen LogP contribution in [0.25, 0.3) is 10.9 Å². The summed E-state index contributed by atoms with van der Waals surface area (Å²) >= 11 is 0. The molecule has 0 fully saturated rings. The average Bonchev–Trinajstić information content (AvgIpc) is 2.91. The summed E-state index contributed by atoms with van der Waals surface area (Å²) in [6.45, 7) is 3.55. The Morgan fingerprint density at radius 1 is 1.28 bits per heavy atom. The molecule has 0 spiro atoms. The second-order valence-electron chi connectivity index (χ2n) is 5.72. The van der Waals surface area contributed by atoms with E-state index in [0.29, 0.717) is 43.7 Å². The average molecular weight is 334 g/mol. The highest BCUT2D eigenvalue weighted by atomic mass is 16.4. The standard InChI is InChI=1S/C17H14N6O2/c1-8-12(6-18)15(13(7-19)9(2)21-8)10-3-4-14-11(5-10)16(20)23(22-14)17(24)25/h3-5,15,21H,20H2,1-2H3,(H,24,25). The van der Waals surface area contributed by atoms with E-state index in [1.165, 1.54) is 0 Å². The summed E-state index contributed by atoms with van der Waals surface area (Å²) in [7, 11) is 0. The molecule has 25 heavy (non-hydrogen) atoms. The van der Waals surface area contributed by atoms with E-state index in [9.17, 15) is 15.3 Å². The molecular weight excluding hydrogens is 320 g/mol. The normalized spacial score (nSPS) is 15.0. The second-order valence-corrected chi connectivity index (χ2v) is 5.72. The number of dihydropyridines is 1. The van der Waals surface area contributed by atoms with Crippen molar-refractivity contribution in [3.8, 4) is 12.1 Å². The van der Waals surface area contributed by atoms with Crippen molar-refractivity contribution in [1.29, 1.82) is 10.5 Å². The van der Waals surface area contributed by atoms with E-state index in [1.54, 1.807) is 32.0 Å². The molecule has 0 bridgehead atoms. The fourth-order valence-electron chi connectivity index (χ4n) is 3.07. The lowest BCUT2D eigenvalue weighted by atomic mass is 9.81. The number of carboxylic acid groups (broad SMARTS) is 1. The molecule has 1 aromatic heterocycles. The van der Waals surface area contributed by atoms with Crippen LogP contribution in [0, 0.1) is 22.7 Å². The van der Waals surface area contributed by atoms with E-state index in [4.69, 9.17) is 10.8 Å². The number of fused-ring (bicyclic) bond motifs is 1. The third kappa shape index (κ3) is 2.37. The summed E-state index contributed by atoms with van der Waals surface area (Å²) < 4.78 is 0.704. The van der Waals surface area contributed by atoms with Gasteiger partial charge >= 0.3 is 6.09 Å². The zero-order valence-electron chi connectivity index (χ0n) is 13.5. The van der Waals surface area contributed by atoms with Crippen LogP contribution < -0.4 is 11.1 Å². The first-order chi connectivity index (χ1) is 11.9. The molecule has 0 atom stereocenters. The fraction of sp³-hybridized carbons (Fsp3) is 0.176. The lowest BCUT2D eigenvalue weighted by Crippen LogP contribution is -2.23. The van der Waals surface area contributed by atoms with Gasteiger partial charge in [0.05, 0.1) is 34.7 Å². The maximum absolute atomic E-state index is 11.2. The van der Waals surface area contributed by atoms with Crippen LogP contribution in [0.1, 0.15) is 25.3 Å². The number of nitrogens with two attached hydrogens (primary N) is 1. The summed E-state index contributed by atoms with van der Waals surface area (Å²) in [4.78, 5) is 11.2. The number of allylic oxidation sites excluding steroid dienone is 4. The molecule has 1 aliphatic rings. The predicted octanol–water partition coefficient (Wildman–Crippen LogP) is 2.43. The van der Waals surface area contributed by atoms with Crippen molar-refractivity contribution >= 4 is 22.8 Å². The highest BCUT2D eigenvalue weighted by molar-refractivity contribution is 5.93. The minimum Gasteiger partial charge on any atom is -0.463 e. The minimum absolute atomic E-state index is 0.00305. The van der Waals surface area contributed by atoms with Crippen molar-refractivity contribution in [2.75, 3.05) is 5.73 Å².